The van der Waals surface area contributed by atoms with Crippen molar-refractivity contribution in [3.63, 3.8) is 0 Å². The lowest BCUT2D eigenvalue weighted by Gasteiger charge is -2.18. The number of aromatic nitrogens is 2. The number of hydrogen-bond acceptors (Lipinski definition) is 6. The molecule has 0 aliphatic rings. The van der Waals surface area contributed by atoms with Crippen LogP contribution in [0.25, 0.3) is 0 Å². The molecule has 6 heteroatoms. The average molecular weight is 189 g/mol. The van der Waals surface area contributed by atoms with E-state index in [1.54, 1.807) is 10.4 Å². The van der Waals surface area contributed by atoms with Crippen LogP contribution in [0.2, 0.25) is 0 Å². The normalized spacial score (nSPS) is 10.2. The van der Waals surface area contributed by atoms with Crippen LogP contribution in [0.15, 0.2) is 5.51 Å². The van der Waals surface area contributed by atoms with E-state index in [-0.39, 0.29) is 13.2 Å². The maximum absolute atomic E-state index is 8.70. The molecule has 1 heterocycles. The van der Waals surface area contributed by atoms with Crippen LogP contribution in [0.5, 0.6) is 0 Å². The molecule has 2 N–H and O–H groups in total. The van der Waals surface area contributed by atoms with Gasteiger partial charge in [0.25, 0.3) is 0 Å². The molecule has 0 aromatic carbocycles. The van der Waals surface area contributed by atoms with E-state index in [9.17, 15) is 0 Å². The molecule has 68 valence electrons. The molecule has 0 atom stereocenters. The van der Waals surface area contributed by atoms with Gasteiger partial charge in [0, 0.05) is 13.1 Å². The third-order valence-corrected chi connectivity index (χ3v) is 2.11. The van der Waals surface area contributed by atoms with E-state index in [2.05, 4.69) is 10.2 Å². The van der Waals surface area contributed by atoms with Crippen molar-refractivity contribution in [3.8, 4) is 0 Å². The largest absolute Gasteiger partial charge is 0.395 e. The van der Waals surface area contributed by atoms with Gasteiger partial charge in [-0.3, -0.25) is 0 Å². The summed E-state index contributed by atoms with van der Waals surface area (Å²) in [6, 6.07) is 0. The zero-order valence-corrected chi connectivity index (χ0v) is 7.37. The molecular weight excluding hydrogens is 178 g/mol. The first-order valence-corrected chi connectivity index (χ1v) is 4.49. The summed E-state index contributed by atoms with van der Waals surface area (Å²) in [5.41, 5.74) is 1.62. The molecule has 0 aliphatic heterocycles. The van der Waals surface area contributed by atoms with Crippen LogP contribution in [0, 0.1) is 0 Å². The van der Waals surface area contributed by atoms with Gasteiger partial charge in [-0.15, -0.1) is 10.2 Å². The second kappa shape index (κ2) is 5.02. The van der Waals surface area contributed by atoms with Crippen molar-refractivity contribution in [1.29, 1.82) is 0 Å². The standard InChI is InChI=1S/C6H11N3O2S/c10-3-1-9(2-4-11)6-8-7-5-12-6/h5,10-11H,1-4H2. The van der Waals surface area contributed by atoms with Crippen molar-refractivity contribution < 1.29 is 10.2 Å². The molecule has 0 aliphatic carbocycles. The Morgan fingerprint density at radius 2 is 2.00 bits per heavy atom. The summed E-state index contributed by atoms with van der Waals surface area (Å²) in [5, 5.41) is 25.6. The highest BCUT2D eigenvalue weighted by Crippen LogP contribution is 2.14. The lowest BCUT2D eigenvalue weighted by molar-refractivity contribution is 0.281. The predicted octanol–water partition coefficient (Wildman–Crippen LogP) is -0.671. The van der Waals surface area contributed by atoms with Gasteiger partial charge in [0.1, 0.15) is 5.51 Å². The van der Waals surface area contributed by atoms with Crippen molar-refractivity contribution in [2.75, 3.05) is 31.2 Å². The topological polar surface area (TPSA) is 69.5 Å². The van der Waals surface area contributed by atoms with E-state index >= 15 is 0 Å². The average Bonchev–Trinajstić information content (AvgIpc) is 2.56. The Balaban J connectivity index is 2.53. The molecule has 0 bridgehead atoms. The lowest BCUT2D eigenvalue weighted by Crippen LogP contribution is -2.29. The second-order valence-electron chi connectivity index (χ2n) is 2.16. The molecule has 0 fully saturated rings. The van der Waals surface area contributed by atoms with Gasteiger partial charge in [-0.1, -0.05) is 11.3 Å². The maximum Gasteiger partial charge on any atom is 0.208 e. The minimum Gasteiger partial charge on any atom is -0.395 e. The Labute approximate surface area is 74.3 Å². The summed E-state index contributed by atoms with van der Waals surface area (Å²) >= 11 is 1.39. The molecule has 0 saturated heterocycles. The first-order chi connectivity index (χ1) is 5.88. The van der Waals surface area contributed by atoms with E-state index in [0.717, 1.165) is 5.13 Å². The van der Waals surface area contributed by atoms with E-state index in [1.165, 1.54) is 11.3 Å². The summed E-state index contributed by atoms with van der Waals surface area (Å²) in [6.07, 6.45) is 0. The first-order valence-electron chi connectivity index (χ1n) is 3.61. The zero-order chi connectivity index (χ0) is 8.81. The minimum absolute atomic E-state index is 0.0551. The lowest BCUT2D eigenvalue weighted by atomic mass is 10.5. The van der Waals surface area contributed by atoms with Gasteiger partial charge in [0.2, 0.25) is 5.13 Å². The quantitative estimate of drug-likeness (QED) is 0.643. The van der Waals surface area contributed by atoms with Gasteiger partial charge in [0.05, 0.1) is 13.2 Å². The van der Waals surface area contributed by atoms with E-state index < -0.39 is 0 Å². The van der Waals surface area contributed by atoms with E-state index in [0.29, 0.717) is 13.1 Å². The highest BCUT2D eigenvalue weighted by atomic mass is 32.1. The Bertz CT molecular complexity index is 199. The second-order valence-corrected chi connectivity index (χ2v) is 2.97. The molecular formula is C6H11N3O2S. The summed E-state index contributed by atoms with van der Waals surface area (Å²) < 4.78 is 0. The SMILES string of the molecule is OCCN(CCO)c1nncs1. The molecule has 0 spiro atoms. The van der Waals surface area contributed by atoms with Gasteiger partial charge in [-0.05, 0) is 0 Å². The van der Waals surface area contributed by atoms with Crippen LogP contribution in [-0.4, -0.2) is 46.7 Å². The van der Waals surface area contributed by atoms with Crippen molar-refractivity contribution in [2.24, 2.45) is 0 Å². The number of rotatable bonds is 5. The van der Waals surface area contributed by atoms with Crippen LogP contribution in [0.1, 0.15) is 0 Å². The molecule has 12 heavy (non-hydrogen) atoms. The van der Waals surface area contributed by atoms with Gasteiger partial charge < -0.3 is 15.1 Å². The van der Waals surface area contributed by atoms with Gasteiger partial charge in [-0.25, -0.2) is 0 Å². The Morgan fingerprint density at radius 1 is 1.33 bits per heavy atom. The van der Waals surface area contributed by atoms with Crippen LogP contribution >= 0.6 is 11.3 Å². The summed E-state index contributed by atoms with van der Waals surface area (Å²) in [6.45, 7) is 1.07. The fourth-order valence-electron chi connectivity index (χ4n) is 0.850. The minimum atomic E-state index is 0.0551. The number of aliphatic hydroxyl groups excluding tert-OH is 2. The first kappa shape index (κ1) is 9.37. The Kier molecular flexibility index (Phi) is 3.92. The third kappa shape index (κ3) is 2.40. The fourth-order valence-corrected chi connectivity index (χ4v) is 1.46. The third-order valence-electron chi connectivity index (χ3n) is 1.36. The van der Waals surface area contributed by atoms with Crippen molar-refractivity contribution in [3.05, 3.63) is 5.51 Å². The number of hydrogen-bond donors (Lipinski definition) is 2. The molecule has 0 amide bonds. The molecule has 0 radical (unpaired) electrons. The highest BCUT2D eigenvalue weighted by Gasteiger charge is 2.07. The summed E-state index contributed by atoms with van der Waals surface area (Å²) in [5.74, 6) is 0. The molecule has 1 aromatic rings. The van der Waals surface area contributed by atoms with Crippen LogP contribution in [0.3, 0.4) is 0 Å². The molecule has 0 saturated carbocycles. The zero-order valence-electron chi connectivity index (χ0n) is 6.55. The molecule has 0 unspecified atom stereocenters. The van der Waals surface area contributed by atoms with E-state index in [1.807, 2.05) is 0 Å². The smallest absolute Gasteiger partial charge is 0.208 e. The van der Waals surface area contributed by atoms with Crippen molar-refractivity contribution >= 4 is 16.5 Å². The number of aliphatic hydroxyl groups is 2. The number of anilines is 1. The molecule has 1 aromatic heterocycles. The number of nitrogens with zero attached hydrogens (tertiary/aromatic N) is 3. The maximum atomic E-state index is 8.70. The predicted molar refractivity (Wildman–Crippen MR) is 46.3 cm³/mol. The highest BCUT2D eigenvalue weighted by molar-refractivity contribution is 7.13. The van der Waals surface area contributed by atoms with Crippen molar-refractivity contribution in [1.82, 2.24) is 10.2 Å². The van der Waals surface area contributed by atoms with E-state index in [4.69, 9.17) is 10.2 Å². The molecule has 5 nitrogen and oxygen atoms in total. The van der Waals surface area contributed by atoms with Crippen LogP contribution in [-0.2, 0) is 0 Å². The fraction of sp³-hybridized carbons (Fsp3) is 0.667. The van der Waals surface area contributed by atoms with Gasteiger partial charge in [0.15, 0.2) is 0 Å². The van der Waals surface area contributed by atoms with Gasteiger partial charge in [-0.2, -0.15) is 0 Å². The van der Waals surface area contributed by atoms with Crippen LogP contribution in [0.4, 0.5) is 5.13 Å². The molecule has 1 rings (SSSR count). The summed E-state index contributed by atoms with van der Waals surface area (Å²) in [4.78, 5) is 1.79. The Hall–Kier alpha value is -0.720. The summed E-state index contributed by atoms with van der Waals surface area (Å²) in [7, 11) is 0. The monoisotopic (exact) mass is 189 g/mol. The Morgan fingerprint density at radius 3 is 2.42 bits per heavy atom. The van der Waals surface area contributed by atoms with Crippen molar-refractivity contribution in [2.45, 2.75) is 0 Å². The van der Waals surface area contributed by atoms with Crippen LogP contribution < -0.4 is 4.90 Å². The van der Waals surface area contributed by atoms with Gasteiger partial charge >= 0.3 is 0 Å².